The van der Waals surface area contributed by atoms with Crippen molar-refractivity contribution in [3.63, 3.8) is 0 Å². The SMILES string of the molecule is CC[S@](=O)c1c(C2CC2)ccc(C(=O)O)c1C1CC1. The minimum absolute atomic E-state index is 0.315. The third-order valence-electron chi connectivity index (χ3n) is 3.95. The van der Waals surface area contributed by atoms with E-state index in [-0.39, 0.29) is 0 Å². The van der Waals surface area contributed by atoms with Gasteiger partial charge in [-0.15, -0.1) is 0 Å². The van der Waals surface area contributed by atoms with Crippen LogP contribution in [-0.4, -0.2) is 21.0 Å². The summed E-state index contributed by atoms with van der Waals surface area (Å²) in [6.45, 7) is 1.90. The Labute approximate surface area is 115 Å². The first-order chi connectivity index (χ1) is 9.13. The zero-order valence-corrected chi connectivity index (χ0v) is 11.8. The van der Waals surface area contributed by atoms with Crippen LogP contribution >= 0.6 is 0 Å². The topological polar surface area (TPSA) is 54.4 Å². The second kappa shape index (κ2) is 4.75. The third kappa shape index (κ3) is 2.34. The van der Waals surface area contributed by atoms with Gasteiger partial charge in [-0.2, -0.15) is 0 Å². The predicted octanol–water partition coefficient (Wildman–Crippen LogP) is 3.27. The van der Waals surface area contributed by atoms with Crippen LogP contribution in [0, 0.1) is 0 Å². The summed E-state index contributed by atoms with van der Waals surface area (Å²) in [5, 5.41) is 9.37. The Hall–Kier alpha value is -1.16. The summed E-state index contributed by atoms with van der Waals surface area (Å²) in [5.74, 6) is 0.488. The highest BCUT2D eigenvalue weighted by Crippen LogP contribution is 2.49. The summed E-state index contributed by atoms with van der Waals surface area (Å²) in [7, 11) is -1.06. The quantitative estimate of drug-likeness (QED) is 0.899. The van der Waals surface area contributed by atoms with Crippen molar-refractivity contribution in [2.24, 2.45) is 0 Å². The molecule has 0 heterocycles. The maximum absolute atomic E-state index is 12.4. The van der Waals surface area contributed by atoms with Crippen LogP contribution < -0.4 is 0 Å². The lowest BCUT2D eigenvalue weighted by atomic mass is 9.98. The number of rotatable bonds is 5. The van der Waals surface area contributed by atoms with E-state index in [9.17, 15) is 14.1 Å². The number of benzene rings is 1. The van der Waals surface area contributed by atoms with Crippen molar-refractivity contribution < 1.29 is 14.1 Å². The van der Waals surface area contributed by atoms with E-state index in [0.717, 1.165) is 41.7 Å². The van der Waals surface area contributed by atoms with Gasteiger partial charge in [-0.3, -0.25) is 4.21 Å². The number of hydrogen-bond donors (Lipinski definition) is 1. The second-order valence-corrected chi connectivity index (χ2v) is 7.11. The van der Waals surface area contributed by atoms with E-state index in [0.29, 0.717) is 23.2 Å². The van der Waals surface area contributed by atoms with Crippen LogP contribution in [0.15, 0.2) is 17.0 Å². The molecule has 1 atom stereocenters. The number of carboxylic acids is 1. The van der Waals surface area contributed by atoms with Gasteiger partial charge >= 0.3 is 5.97 Å². The molecule has 2 aliphatic rings. The molecule has 1 aromatic carbocycles. The third-order valence-corrected chi connectivity index (χ3v) is 5.38. The molecule has 0 radical (unpaired) electrons. The summed E-state index contributed by atoms with van der Waals surface area (Å²) >= 11 is 0. The standard InChI is InChI=1S/C15H18O3S/c1-2-19(18)14-11(9-3-4-9)7-8-12(15(16)17)13(14)10-5-6-10/h7-10H,2-6H2,1H3,(H,16,17)/t19-/m0/s1. The molecule has 2 saturated carbocycles. The van der Waals surface area contributed by atoms with Gasteiger partial charge in [0.05, 0.1) is 16.4 Å². The molecule has 0 aliphatic heterocycles. The summed E-state index contributed by atoms with van der Waals surface area (Å²) in [4.78, 5) is 12.3. The first-order valence-corrected chi connectivity index (χ1v) is 8.23. The summed E-state index contributed by atoms with van der Waals surface area (Å²) in [5.41, 5.74) is 2.38. The van der Waals surface area contributed by atoms with Crippen LogP contribution in [0.2, 0.25) is 0 Å². The zero-order chi connectivity index (χ0) is 13.6. The van der Waals surface area contributed by atoms with Crippen molar-refractivity contribution in [3.05, 3.63) is 28.8 Å². The maximum atomic E-state index is 12.4. The molecule has 0 bridgehead atoms. The minimum Gasteiger partial charge on any atom is -0.478 e. The molecule has 19 heavy (non-hydrogen) atoms. The van der Waals surface area contributed by atoms with Crippen molar-refractivity contribution in [1.29, 1.82) is 0 Å². The molecule has 4 heteroatoms. The fourth-order valence-corrected chi connectivity index (χ4v) is 4.00. The summed E-state index contributed by atoms with van der Waals surface area (Å²) < 4.78 is 12.4. The molecule has 0 aromatic heterocycles. The highest BCUT2D eigenvalue weighted by atomic mass is 32.2. The minimum atomic E-state index is -1.06. The molecule has 0 unspecified atom stereocenters. The summed E-state index contributed by atoms with van der Waals surface area (Å²) in [6.07, 6.45) is 4.35. The second-order valence-electron chi connectivity index (χ2n) is 5.43. The van der Waals surface area contributed by atoms with Crippen molar-refractivity contribution in [3.8, 4) is 0 Å². The normalized spacial score (nSPS) is 20.3. The van der Waals surface area contributed by atoms with E-state index in [1.807, 2.05) is 13.0 Å². The van der Waals surface area contributed by atoms with Gasteiger partial charge < -0.3 is 5.11 Å². The van der Waals surface area contributed by atoms with Crippen LogP contribution in [0.3, 0.4) is 0 Å². The van der Waals surface area contributed by atoms with Crippen LogP contribution in [-0.2, 0) is 10.8 Å². The molecule has 3 rings (SSSR count). The molecule has 2 aliphatic carbocycles. The van der Waals surface area contributed by atoms with Crippen LogP contribution in [0.5, 0.6) is 0 Å². The van der Waals surface area contributed by atoms with Crippen LogP contribution in [0.4, 0.5) is 0 Å². The Kier molecular flexibility index (Phi) is 3.21. The van der Waals surface area contributed by atoms with Gasteiger partial charge in [0.1, 0.15) is 0 Å². The van der Waals surface area contributed by atoms with E-state index in [4.69, 9.17) is 0 Å². The van der Waals surface area contributed by atoms with Gasteiger partial charge in [-0.25, -0.2) is 4.79 Å². The maximum Gasteiger partial charge on any atom is 0.336 e. The first kappa shape index (κ1) is 12.9. The number of hydrogen-bond acceptors (Lipinski definition) is 2. The van der Waals surface area contributed by atoms with E-state index >= 15 is 0 Å². The van der Waals surface area contributed by atoms with Gasteiger partial charge in [0.15, 0.2) is 0 Å². The van der Waals surface area contributed by atoms with E-state index in [1.54, 1.807) is 6.07 Å². The fourth-order valence-electron chi connectivity index (χ4n) is 2.69. The average molecular weight is 278 g/mol. The largest absolute Gasteiger partial charge is 0.478 e. The Morgan fingerprint density at radius 2 is 1.89 bits per heavy atom. The lowest BCUT2D eigenvalue weighted by molar-refractivity contribution is 0.0695. The molecule has 2 fully saturated rings. The molecule has 0 saturated heterocycles. The van der Waals surface area contributed by atoms with Gasteiger partial charge in [0.25, 0.3) is 0 Å². The fraction of sp³-hybridized carbons (Fsp3) is 0.533. The lowest BCUT2D eigenvalue weighted by Crippen LogP contribution is -2.10. The molecular formula is C15H18O3S. The molecule has 0 spiro atoms. The number of aromatic carboxylic acids is 1. The number of carbonyl (C=O) groups is 1. The van der Waals surface area contributed by atoms with Crippen LogP contribution in [0.25, 0.3) is 0 Å². The monoisotopic (exact) mass is 278 g/mol. The van der Waals surface area contributed by atoms with Gasteiger partial charge in [0.2, 0.25) is 0 Å². The van der Waals surface area contributed by atoms with Crippen LogP contribution in [0.1, 0.15) is 65.9 Å². The Balaban J connectivity index is 2.21. The molecular weight excluding hydrogens is 260 g/mol. The highest BCUT2D eigenvalue weighted by Gasteiger charge is 2.36. The van der Waals surface area contributed by atoms with E-state index < -0.39 is 16.8 Å². The van der Waals surface area contributed by atoms with Crippen molar-refractivity contribution in [1.82, 2.24) is 0 Å². The molecule has 1 aromatic rings. The summed E-state index contributed by atoms with van der Waals surface area (Å²) in [6, 6.07) is 3.62. The molecule has 3 nitrogen and oxygen atoms in total. The molecule has 0 amide bonds. The smallest absolute Gasteiger partial charge is 0.336 e. The van der Waals surface area contributed by atoms with Gasteiger partial charge in [-0.05, 0) is 54.7 Å². The first-order valence-electron chi connectivity index (χ1n) is 6.92. The Morgan fingerprint density at radius 3 is 2.37 bits per heavy atom. The van der Waals surface area contributed by atoms with Gasteiger partial charge in [0, 0.05) is 10.6 Å². The van der Waals surface area contributed by atoms with Crippen molar-refractivity contribution >= 4 is 16.8 Å². The Bertz CT molecular complexity index is 557. The lowest BCUT2D eigenvalue weighted by Gasteiger charge is -2.16. The zero-order valence-electron chi connectivity index (χ0n) is 11.0. The van der Waals surface area contributed by atoms with E-state index in [1.165, 1.54) is 0 Å². The molecule has 1 N–H and O–H groups in total. The number of carboxylic acid groups (broad SMARTS) is 1. The van der Waals surface area contributed by atoms with Crippen molar-refractivity contribution in [2.45, 2.75) is 49.3 Å². The van der Waals surface area contributed by atoms with E-state index in [2.05, 4.69) is 0 Å². The predicted molar refractivity (Wildman–Crippen MR) is 74.3 cm³/mol. The highest BCUT2D eigenvalue weighted by molar-refractivity contribution is 7.85. The average Bonchev–Trinajstić information content (AvgIpc) is 3.29. The van der Waals surface area contributed by atoms with Gasteiger partial charge in [-0.1, -0.05) is 13.0 Å². The Morgan fingerprint density at radius 1 is 1.26 bits per heavy atom. The van der Waals surface area contributed by atoms with Crippen molar-refractivity contribution in [2.75, 3.05) is 5.75 Å². The molecule has 102 valence electrons.